The number of unbranched alkanes of at least 4 members (excludes halogenated alkanes) is 2. The van der Waals surface area contributed by atoms with Gasteiger partial charge in [0, 0.05) is 0 Å². The molecular weight excluding hydrogens is 782 g/mol. The van der Waals surface area contributed by atoms with Gasteiger partial charge < -0.3 is 0 Å². The third kappa shape index (κ3) is 5.08. The Balaban J connectivity index is 1.79. The molecule has 4 aromatic rings. The van der Waals surface area contributed by atoms with Crippen LogP contribution in [0.25, 0.3) is 12.2 Å². The zero-order valence-electron chi connectivity index (χ0n) is 28.0. The van der Waals surface area contributed by atoms with Crippen LogP contribution in [0.1, 0.15) is 85.8 Å². The molecule has 0 saturated heterocycles. The van der Waals surface area contributed by atoms with Crippen molar-refractivity contribution in [2.75, 3.05) is 0 Å². The van der Waals surface area contributed by atoms with Crippen molar-refractivity contribution < 1.29 is 15.3 Å². The first kappa shape index (κ1) is 33.9. The topological polar surface area (TPSA) is 0 Å². The fourth-order valence-electron chi connectivity index (χ4n) is 9.27. The number of rotatable bonds is 13. The van der Waals surface area contributed by atoms with Gasteiger partial charge in [-0.25, -0.2) is 0 Å². The average Bonchev–Trinajstić information content (AvgIpc) is 3.57. The Morgan fingerprint density at radius 3 is 1.28 bits per heavy atom. The minimum atomic E-state index is -5.55. The molecule has 0 heterocycles. The van der Waals surface area contributed by atoms with Crippen LogP contribution >= 0.6 is 17.2 Å². The van der Waals surface area contributed by atoms with E-state index in [1.807, 2.05) is 0 Å². The predicted molar refractivity (Wildman–Crippen MR) is 202 cm³/mol. The molecule has 0 aromatic heterocycles. The van der Waals surface area contributed by atoms with E-state index in [2.05, 4.69) is 148 Å². The molecule has 0 nitrogen and oxygen atoms in total. The molecule has 0 aliphatic heterocycles. The van der Waals surface area contributed by atoms with E-state index in [-0.39, 0.29) is 0 Å². The second-order valence-corrected chi connectivity index (χ2v) is 72.6. The molecular formula is C42H49Cl2HfSi. The van der Waals surface area contributed by atoms with Gasteiger partial charge in [0.05, 0.1) is 0 Å². The number of halogens is 2. The van der Waals surface area contributed by atoms with Gasteiger partial charge >= 0.3 is 289 Å². The SMILES string of the molecule is CCCCC1=Cc2ccccc2[C]1(Cc1ccccc1)[Hf]([Cl])([Cl])([SiH](C)C)[C]1(Cc2ccccc2)C(CCCC)=Cc2ccccc21. The molecule has 2 aliphatic rings. The van der Waals surface area contributed by atoms with Gasteiger partial charge in [0.2, 0.25) is 0 Å². The number of hydrogen-bond donors (Lipinski definition) is 0. The van der Waals surface area contributed by atoms with Gasteiger partial charge in [-0.2, -0.15) is 0 Å². The summed E-state index contributed by atoms with van der Waals surface area (Å²) in [5.41, 5.74) is 11.1. The predicted octanol–water partition coefficient (Wildman–Crippen LogP) is 12.4. The van der Waals surface area contributed by atoms with Gasteiger partial charge in [0.1, 0.15) is 0 Å². The standard InChI is InChI=1S/2C20H21.C2H7Si.2ClH.Hf/c2*1-2-3-11-18-15-17-12-7-8-13-19(17)20(18)14-16-9-5-4-6-10-16;1-3-2;;;/h2*4-10,12-13,15H,2-3,11,14H2,1H3;3H,1-2H3;2*1H;/q;;;;;+2/p-2. The number of fused-ring (bicyclic) bond motifs is 2. The molecule has 4 heteroatoms. The van der Waals surface area contributed by atoms with Crippen LogP contribution in [0.2, 0.25) is 13.1 Å². The van der Waals surface area contributed by atoms with Crippen LogP contribution in [-0.2, 0) is 34.5 Å². The zero-order valence-corrected chi connectivity index (χ0v) is 34.3. The Hall–Kier alpha value is -1.97. The van der Waals surface area contributed by atoms with Crippen molar-refractivity contribution in [1.29, 1.82) is 0 Å². The van der Waals surface area contributed by atoms with E-state index >= 15 is 0 Å². The van der Waals surface area contributed by atoms with E-state index < -0.39 is 27.6 Å². The van der Waals surface area contributed by atoms with Crippen LogP contribution in [0.15, 0.2) is 120 Å². The summed E-state index contributed by atoms with van der Waals surface area (Å²) in [6, 6.07) is 40.6. The van der Waals surface area contributed by atoms with E-state index in [0.29, 0.717) is 0 Å². The zero-order chi connectivity index (χ0) is 32.4. The first-order valence-electron chi connectivity index (χ1n) is 17.5. The van der Waals surface area contributed by atoms with Crippen LogP contribution in [-0.4, -0.2) is 5.98 Å². The summed E-state index contributed by atoms with van der Waals surface area (Å²) >= 11 is -5.55. The molecule has 2 unspecified atom stereocenters. The van der Waals surface area contributed by atoms with Crippen LogP contribution < -0.4 is 0 Å². The fourth-order valence-corrected chi connectivity index (χ4v) is 66.5. The molecule has 0 spiro atoms. The molecule has 6 rings (SSSR count). The molecule has 239 valence electrons. The number of benzene rings is 4. The summed E-state index contributed by atoms with van der Waals surface area (Å²) in [4.78, 5) is 0. The third-order valence-electron chi connectivity index (χ3n) is 11.4. The van der Waals surface area contributed by atoms with Gasteiger partial charge in [-0.3, -0.25) is 0 Å². The minimum absolute atomic E-state index is 0.425. The Labute approximate surface area is 286 Å². The molecule has 0 N–H and O–H groups in total. The van der Waals surface area contributed by atoms with E-state index in [1.165, 1.54) is 44.5 Å². The molecule has 46 heavy (non-hydrogen) atoms. The van der Waals surface area contributed by atoms with Crippen molar-refractivity contribution in [1.82, 2.24) is 0 Å². The second kappa shape index (κ2) is 13.5. The third-order valence-corrected chi connectivity index (χ3v) is 92.1. The Bertz CT molecular complexity index is 1620. The van der Waals surface area contributed by atoms with Gasteiger partial charge in [0.15, 0.2) is 0 Å². The van der Waals surface area contributed by atoms with Crippen LogP contribution in [0, 0.1) is 0 Å². The summed E-state index contributed by atoms with van der Waals surface area (Å²) in [7, 11) is 18.6. The number of allylic oxidation sites excluding steroid dienone is 2. The van der Waals surface area contributed by atoms with Crippen molar-refractivity contribution in [3.8, 4) is 0 Å². The maximum atomic E-state index is 9.32. The summed E-state index contributed by atoms with van der Waals surface area (Å²) in [5, 5.41) is 0. The molecule has 0 amide bonds. The molecule has 0 saturated carbocycles. The maximum absolute atomic E-state index is 9.32. The summed E-state index contributed by atoms with van der Waals surface area (Å²) < 4.78 is -0.850. The van der Waals surface area contributed by atoms with Crippen molar-refractivity contribution in [3.63, 3.8) is 0 Å². The van der Waals surface area contributed by atoms with E-state index in [9.17, 15) is 17.2 Å². The van der Waals surface area contributed by atoms with Crippen LogP contribution in [0.4, 0.5) is 0 Å². The monoisotopic (exact) mass is 831 g/mol. The molecule has 4 aromatic carbocycles. The first-order chi connectivity index (χ1) is 22.2. The fraction of sp³-hybridized carbons (Fsp3) is 0.333. The van der Waals surface area contributed by atoms with E-state index in [1.54, 1.807) is 0 Å². The Morgan fingerprint density at radius 1 is 0.543 bits per heavy atom. The molecule has 2 aliphatic carbocycles. The quantitative estimate of drug-likeness (QED) is 0.118. The molecule has 0 radical (unpaired) electrons. The summed E-state index contributed by atoms with van der Waals surface area (Å²) in [6.45, 7) is 9.66. The average molecular weight is 831 g/mol. The summed E-state index contributed by atoms with van der Waals surface area (Å²) in [5.74, 6) is -1.83. The second-order valence-electron chi connectivity index (χ2n) is 14.1. The van der Waals surface area contributed by atoms with Crippen molar-refractivity contribution >= 4 is 35.3 Å². The summed E-state index contributed by atoms with van der Waals surface area (Å²) in [6.07, 6.45) is 13.4. The molecule has 0 bridgehead atoms. The van der Waals surface area contributed by atoms with Gasteiger partial charge in [-0.1, -0.05) is 0 Å². The first-order valence-corrected chi connectivity index (χ1v) is 39.1. The van der Waals surface area contributed by atoms with Crippen molar-refractivity contribution in [2.45, 2.75) is 84.7 Å². The van der Waals surface area contributed by atoms with Crippen molar-refractivity contribution in [3.05, 3.63) is 154 Å². The van der Waals surface area contributed by atoms with Gasteiger partial charge in [-0.15, -0.1) is 0 Å². The number of hydrogen-bond acceptors (Lipinski definition) is 0. The van der Waals surface area contributed by atoms with E-state index in [0.717, 1.165) is 51.4 Å². The van der Waals surface area contributed by atoms with Gasteiger partial charge in [0.25, 0.3) is 0 Å². The Morgan fingerprint density at radius 2 is 0.913 bits per heavy atom. The van der Waals surface area contributed by atoms with Crippen molar-refractivity contribution in [2.24, 2.45) is 0 Å². The normalized spacial score (nSPS) is 21.3. The molecule has 0 fully saturated rings. The Kier molecular flexibility index (Phi) is 9.95. The van der Waals surface area contributed by atoms with Gasteiger partial charge in [-0.05, 0) is 0 Å². The molecule has 2 atom stereocenters. The van der Waals surface area contributed by atoms with Crippen LogP contribution in [0.3, 0.4) is 0 Å². The van der Waals surface area contributed by atoms with Crippen LogP contribution in [0.5, 0.6) is 0 Å². The van der Waals surface area contributed by atoms with E-state index in [4.69, 9.17) is 0 Å².